The van der Waals surface area contributed by atoms with Crippen LogP contribution in [0.5, 0.6) is 0 Å². The summed E-state index contributed by atoms with van der Waals surface area (Å²) in [4.78, 5) is 27.6. The van der Waals surface area contributed by atoms with Crippen LogP contribution in [0.4, 0.5) is 10.5 Å². The normalized spacial score (nSPS) is 15.9. The summed E-state index contributed by atoms with van der Waals surface area (Å²) in [6, 6.07) is 15.3. The second-order valence-electron chi connectivity index (χ2n) is 9.24. The molecule has 166 valence electrons. The zero-order valence-electron chi connectivity index (χ0n) is 19.1. The molecule has 1 N–H and O–H groups in total. The number of hydrogen-bond acceptors (Lipinski definition) is 3. The van der Waals surface area contributed by atoms with Crippen molar-refractivity contribution in [3.63, 3.8) is 0 Å². The summed E-state index contributed by atoms with van der Waals surface area (Å²) in [5.74, 6) is -0.195. The summed E-state index contributed by atoms with van der Waals surface area (Å²) in [5.41, 5.74) is 3.53. The Morgan fingerprint density at radius 1 is 1.03 bits per heavy atom. The molecule has 5 heteroatoms. The fourth-order valence-electron chi connectivity index (χ4n) is 3.83. The third kappa shape index (κ3) is 6.33. The van der Waals surface area contributed by atoms with Crippen LogP contribution < -0.4 is 5.32 Å². The number of nitrogens with one attached hydrogen (secondary N) is 1. The van der Waals surface area contributed by atoms with Gasteiger partial charge in [0.15, 0.2) is 0 Å². The van der Waals surface area contributed by atoms with E-state index in [0.717, 1.165) is 23.2 Å². The SMILES string of the molecule is CCCCCc1ccc(NC(=O)[C@@H]2Cc3ccccc3CN2C(=O)OC(C)(C)C)cc1. The van der Waals surface area contributed by atoms with Crippen LogP contribution in [0, 0.1) is 0 Å². The monoisotopic (exact) mass is 422 g/mol. The van der Waals surface area contributed by atoms with Crippen LogP contribution in [0.3, 0.4) is 0 Å². The lowest BCUT2D eigenvalue weighted by Crippen LogP contribution is -2.52. The van der Waals surface area contributed by atoms with Crippen LogP contribution in [-0.4, -0.2) is 28.5 Å². The predicted octanol–water partition coefficient (Wildman–Crippen LogP) is 5.72. The average molecular weight is 423 g/mol. The number of ether oxygens (including phenoxy) is 1. The molecule has 31 heavy (non-hydrogen) atoms. The molecule has 1 atom stereocenters. The molecule has 0 spiro atoms. The van der Waals surface area contributed by atoms with E-state index in [1.54, 1.807) is 4.90 Å². The van der Waals surface area contributed by atoms with Crippen molar-refractivity contribution in [3.05, 3.63) is 65.2 Å². The highest BCUT2D eigenvalue weighted by atomic mass is 16.6. The maximum Gasteiger partial charge on any atom is 0.411 e. The summed E-state index contributed by atoms with van der Waals surface area (Å²) >= 11 is 0. The van der Waals surface area contributed by atoms with Gasteiger partial charge < -0.3 is 10.1 Å². The lowest BCUT2D eigenvalue weighted by atomic mass is 9.93. The zero-order valence-corrected chi connectivity index (χ0v) is 19.1. The number of carbonyl (C=O) groups excluding carboxylic acids is 2. The van der Waals surface area contributed by atoms with Gasteiger partial charge in [-0.15, -0.1) is 0 Å². The molecule has 0 unspecified atom stereocenters. The van der Waals surface area contributed by atoms with Gasteiger partial charge >= 0.3 is 6.09 Å². The Balaban J connectivity index is 1.74. The molecule has 1 aliphatic rings. The lowest BCUT2D eigenvalue weighted by molar-refractivity contribution is -0.121. The zero-order chi connectivity index (χ0) is 22.4. The van der Waals surface area contributed by atoms with Gasteiger partial charge in [0.2, 0.25) is 5.91 Å². The summed E-state index contributed by atoms with van der Waals surface area (Å²) in [7, 11) is 0. The minimum atomic E-state index is -0.622. The second kappa shape index (κ2) is 9.99. The third-order valence-corrected chi connectivity index (χ3v) is 5.47. The van der Waals surface area contributed by atoms with Crippen molar-refractivity contribution in [1.29, 1.82) is 0 Å². The largest absolute Gasteiger partial charge is 0.444 e. The van der Waals surface area contributed by atoms with Gasteiger partial charge in [-0.25, -0.2) is 4.79 Å². The van der Waals surface area contributed by atoms with E-state index in [9.17, 15) is 9.59 Å². The molecule has 5 nitrogen and oxygen atoms in total. The Kier molecular flexibility index (Phi) is 7.37. The molecular weight excluding hydrogens is 388 g/mol. The Morgan fingerprint density at radius 3 is 2.35 bits per heavy atom. The van der Waals surface area contributed by atoms with Crippen LogP contribution in [-0.2, 0) is 28.9 Å². The second-order valence-corrected chi connectivity index (χ2v) is 9.24. The van der Waals surface area contributed by atoms with E-state index in [4.69, 9.17) is 4.74 Å². The fourth-order valence-corrected chi connectivity index (χ4v) is 3.83. The molecule has 0 bridgehead atoms. The van der Waals surface area contributed by atoms with Gasteiger partial charge in [0.05, 0.1) is 6.54 Å². The first-order valence-electron chi connectivity index (χ1n) is 11.2. The van der Waals surface area contributed by atoms with Crippen LogP contribution in [0.2, 0.25) is 0 Å². The summed E-state index contributed by atoms with van der Waals surface area (Å²) in [6.45, 7) is 8.06. The minimum Gasteiger partial charge on any atom is -0.444 e. The Bertz CT molecular complexity index is 900. The van der Waals surface area contributed by atoms with Crippen LogP contribution in [0.25, 0.3) is 0 Å². The van der Waals surface area contributed by atoms with Crippen molar-refractivity contribution < 1.29 is 14.3 Å². The molecule has 2 aromatic rings. The maximum atomic E-state index is 13.2. The lowest BCUT2D eigenvalue weighted by Gasteiger charge is -2.36. The number of amides is 2. The topological polar surface area (TPSA) is 58.6 Å². The van der Waals surface area contributed by atoms with E-state index in [1.165, 1.54) is 24.8 Å². The van der Waals surface area contributed by atoms with E-state index in [1.807, 2.05) is 57.2 Å². The number of unbranched alkanes of at least 4 members (excludes halogenated alkanes) is 2. The smallest absolute Gasteiger partial charge is 0.411 e. The molecule has 0 saturated carbocycles. The van der Waals surface area contributed by atoms with Gasteiger partial charge in [-0.1, -0.05) is 56.2 Å². The predicted molar refractivity (Wildman–Crippen MR) is 124 cm³/mol. The first kappa shape index (κ1) is 22.9. The first-order valence-corrected chi connectivity index (χ1v) is 11.2. The van der Waals surface area contributed by atoms with Crippen molar-refractivity contribution in [2.45, 2.75) is 78.0 Å². The molecule has 0 fully saturated rings. The van der Waals surface area contributed by atoms with Crippen molar-refractivity contribution in [1.82, 2.24) is 4.90 Å². The van der Waals surface area contributed by atoms with Crippen LogP contribution >= 0.6 is 0 Å². The van der Waals surface area contributed by atoms with E-state index >= 15 is 0 Å². The van der Waals surface area contributed by atoms with Gasteiger partial charge in [-0.3, -0.25) is 9.69 Å². The number of benzene rings is 2. The molecule has 0 saturated heterocycles. The standard InChI is InChI=1S/C26H34N2O3/c1-5-6-7-10-19-13-15-22(16-14-19)27-24(29)23-17-20-11-8-9-12-21(20)18-28(23)25(30)31-26(2,3)4/h8-9,11-16,23H,5-7,10,17-18H2,1-4H3,(H,27,29)/t23-/m0/s1. The average Bonchev–Trinajstić information content (AvgIpc) is 2.73. The van der Waals surface area contributed by atoms with E-state index in [0.29, 0.717) is 13.0 Å². The molecule has 1 heterocycles. The molecule has 0 aromatic heterocycles. The van der Waals surface area contributed by atoms with E-state index in [2.05, 4.69) is 24.4 Å². The molecule has 1 aliphatic heterocycles. The van der Waals surface area contributed by atoms with Crippen LogP contribution in [0.15, 0.2) is 48.5 Å². The maximum absolute atomic E-state index is 13.2. The molecular formula is C26H34N2O3. The van der Waals surface area contributed by atoms with Crippen molar-refractivity contribution >= 4 is 17.7 Å². The number of fused-ring (bicyclic) bond motifs is 1. The number of rotatable bonds is 6. The fraction of sp³-hybridized carbons (Fsp3) is 0.462. The summed E-state index contributed by atoms with van der Waals surface area (Å²) in [5, 5.41) is 3.00. The highest BCUT2D eigenvalue weighted by molar-refractivity contribution is 5.97. The van der Waals surface area contributed by atoms with Gasteiger partial charge in [0, 0.05) is 12.1 Å². The van der Waals surface area contributed by atoms with Crippen LogP contribution in [0.1, 0.15) is 63.6 Å². The molecule has 2 amide bonds. The van der Waals surface area contributed by atoms with E-state index in [-0.39, 0.29) is 5.91 Å². The number of aryl methyl sites for hydroxylation is 1. The third-order valence-electron chi connectivity index (χ3n) is 5.47. The van der Waals surface area contributed by atoms with Crippen molar-refractivity contribution in [2.75, 3.05) is 5.32 Å². The molecule has 0 aliphatic carbocycles. The highest BCUT2D eigenvalue weighted by Crippen LogP contribution is 2.26. The molecule has 0 radical (unpaired) electrons. The quantitative estimate of drug-likeness (QED) is 0.606. The minimum absolute atomic E-state index is 0.195. The number of nitrogens with zero attached hydrogens (tertiary/aromatic N) is 1. The molecule has 3 rings (SSSR count). The van der Waals surface area contributed by atoms with Crippen molar-refractivity contribution in [2.24, 2.45) is 0 Å². The van der Waals surface area contributed by atoms with Gasteiger partial charge in [0.1, 0.15) is 11.6 Å². The van der Waals surface area contributed by atoms with Crippen molar-refractivity contribution in [3.8, 4) is 0 Å². The Morgan fingerprint density at radius 2 is 1.71 bits per heavy atom. The van der Waals surface area contributed by atoms with Gasteiger partial charge in [-0.2, -0.15) is 0 Å². The Hall–Kier alpha value is -2.82. The number of anilines is 1. The van der Waals surface area contributed by atoms with E-state index < -0.39 is 17.7 Å². The number of carbonyl (C=O) groups is 2. The Labute approximate surface area is 185 Å². The first-order chi connectivity index (χ1) is 14.8. The van der Waals surface area contributed by atoms with Gasteiger partial charge in [-0.05, 0) is 62.4 Å². The van der Waals surface area contributed by atoms with Gasteiger partial charge in [0.25, 0.3) is 0 Å². The summed E-state index contributed by atoms with van der Waals surface area (Å²) < 4.78 is 5.59. The number of hydrogen-bond donors (Lipinski definition) is 1. The molecule has 2 aromatic carbocycles. The summed E-state index contributed by atoms with van der Waals surface area (Å²) in [6.07, 6.45) is 4.65. The highest BCUT2D eigenvalue weighted by Gasteiger charge is 2.36.